The van der Waals surface area contributed by atoms with E-state index in [1.807, 2.05) is 36.4 Å². The Morgan fingerprint density at radius 2 is 1.86 bits per heavy atom. The molecule has 4 heteroatoms. The molecule has 1 atom stereocenters. The molecule has 0 aliphatic carbocycles. The quantitative estimate of drug-likeness (QED) is 0.693. The summed E-state index contributed by atoms with van der Waals surface area (Å²) in [5.41, 5.74) is 0.729. The average Bonchev–Trinajstić information content (AvgIpc) is 2.50. The van der Waals surface area contributed by atoms with Crippen LogP contribution in [-0.4, -0.2) is 12.3 Å². The Morgan fingerprint density at radius 3 is 2.52 bits per heavy atom. The molecule has 0 bridgehead atoms. The van der Waals surface area contributed by atoms with Crippen LogP contribution in [0.15, 0.2) is 53.4 Å². The van der Waals surface area contributed by atoms with E-state index in [9.17, 15) is 4.39 Å². The van der Waals surface area contributed by atoms with Crippen LogP contribution in [0, 0.1) is 5.82 Å². The summed E-state index contributed by atoms with van der Waals surface area (Å²) in [7, 11) is 0. The van der Waals surface area contributed by atoms with Crippen molar-refractivity contribution in [2.75, 3.05) is 12.3 Å². The van der Waals surface area contributed by atoms with E-state index in [1.165, 1.54) is 6.07 Å². The van der Waals surface area contributed by atoms with Crippen molar-refractivity contribution in [2.45, 2.75) is 24.3 Å². The number of nitrogens with one attached hydrogen (secondary N) is 1. The second kappa shape index (κ2) is 8.42. The van der Waals surface area contributed by atoms with Crippen molar-refractivity contribution in [2.24, 2.45) is 0 Å². The lowest BCUT2D eigenvalue weighted by atomic mass is 10.1. The standard InChI is InChI=1S/C17H19ClFNS/c1-2-11-20-17(15-5-3-4-6-16(15)19)12-21-14-9-7-13(18)8-10-14/h3-10,17,20H,2,11-12H2,1H3. The number of halogens is 2. The molecule has 0 aliphatic rings. The molecular formula is C17H19ClFNS. The van der Waals surface area contributed by atoms with Gasteiger partial charge in [0.2, 0.25) is 0 Å². The van der Waals surface area contributed by atoms with Crippen LogP contribution in [0.3, 0.4) is 0 Å². The van der Waals surface area contributed by atoms with E-state index in [0.29, 0.717) is 0 Å². The van der Waals surface area contributed by atoms with Crippen molar-refractivity contribution in [3.8, 4) is 0 Å². The van der Waals surface area contributed by atoms with Crippen LogP contribution in [0.25, 0.3) is 0 Å². The molecule has 21 heavy (non-hydrogen) atoms. The first-order chi connectivity index (χ1) is 10.2. The summed E-state index contributed by atoms with van der Waals surface area (Å²) in [4.78, 5) is 1.14. The Labute approximate surface area is 134 Å². The van der Waals surface area contributed by atoms with Crippen LogP contribution in [-0.2, 0) is 0 Å². The smallest absolute Gasteiger partial charge is 0.128 e. The van der Waals surface area contributed by atoms with Gasteiger partial charge in [0.1, 0.15) is 5.82 Å². The third-order valence-electron chi connectivity index (χ3n) is 3.15. The van der Waals surface area contributed by atoms with E-state index in [2.05, 4.69) is 12.2 Å². The van der Waals surface area contributed by atoms with Gasteiger partial charge in [0.05, 0.1) is 0 Å². The van der Waals surface area contributed by atoms with Gasteiger partial charge < -0.3 is 5.32 Å². The highest BCUT2D eigenvalue weighted by Crippen LogP contribution is 2.27. The molecular weight excluding hydrogens is 305 g/mol. The largest absolute Gasteiger partial charge is 0.309 e. The van der Waals surface area contributed by atoms with Crippen molar-refractivity contribution < 1.29 is 4.39 Å². The average molecular weight is 324 g/mol. The van der Waals surface area contributed by atoms with Gasteiger partial charge >= 0.3 is 0 Å². The number of benzene rings is 2. The van der Waals surface area contributed by atoms with E-state index >= 15 is 0 Å². The van der Waals surface area contributed by atoms with Gasteiger partial charge in [0.15, 0.2) is 0 Å². The summed E-state index contributed by atoms with van der Waals surface area (Å²) in [6.45, 7) is 2.98. The first-order valence-corrected chi connectivity index (χ1v) is 8.43. The van der Waals surface area contributed by atoms with Crippen LogP contribution in [0.1, 0.15) is 24.9 Å². The molecule has 0 saturated heterocycles. The minimum Gasteiger partial charge on any atom is -0.309 e. The van der Waals surface area contributed by atoms with Gasteiger partial charge in [-0.05, 0) is 43.3 Å². The Kier molecular flexibility index (Phi) is 6.55. The zero-order chi connectivity index (χ0) is 15.1. The first-order valence-electron chi connectivity index (χ1n) is 7.07. The van der Waals surface area contributed by atoms with Crippen LogP contribution in [0.4, 0.5) is 4.39 Å². The van der Waals surface area contributed by atoms with Gasteiger partial charge in [0.25, 0.3) is 0 Å². The zero-order valence-electron chi connectivity index (χ0n) is 12.0. The van der Waals surface area contributed by atoms with Gasteiger partial charge in [0, 0.05) is 27.3 Å². The Balaban J connectivity index is 2.06. The van der Waals surface area contributed by atoms with E-state index in [4.69, 9.17) is 11.6 Å². The first kappa shape index (κ1) is 16.3. The molecule has 112 valence electrons. The molecule has 0 amide bonds. The summed E-state index contributed by atoms with van der Waals surface area (Å²) >= 11 is 7.59. The Hall–Kier alpha value is -1.03. The molecule has 0 aromatic heterocycles. The molecule has 0 spiro atoms. The lowest BCUT2D eigenvalue weighted by molar-refractivity contribution is 0.532. The summed E-state index contributed by atoms with van der Waals surface area (Å²) in [6.07, 6.45) is 1.02. The molecule has 0 fully saturated rings. The maximum Gasteiger partial charge on any atom is 0.128 e. The summed E-state index contributed by atoms with van der Waals surface area (Å²) < 4.78 is 14.0. The van der Waals surface area contributed by atoms with Crippen LogP contribution in [0.5, 0.6) is 0 Å². The molecule has 1 N–H and O–H groups in total. The van der Waals surface area contributed by atoms with Crippen molar-refractivity contribution in [1.82, 2.24) is 5.32 Å². The van der Waals surface area contributed by atoms with Gasteiger partial charge in [-0.25, -0.2) is 4.39 Å². The lowest BCUT2D eigenvalue weighted by Gasteiger charge is -2.19. The second-order valence-corrected chi connectivity index (χ2v) is 6.32. The maximum absolute atomic E-state index is 14.0. The predicted octanol–water partition coefficient (Wildman–Crippen LogP) is 5.31. The molecule has 1 unspecified atom stereocenters. The minimum atomic E-state index is -0.150. The maximum atomic E-state index is 14.0. The third-order valence-corrected chi connectivity index (χ3v) is 4.51. The van der Waals surface area contributed by atoms with E-state index in [0.717, 1.165) is 34.2 Å². The number of thioether (sulfide) groups is 1. The SMILES string of the molecule is CCCNC(CSc1ccc(Cl)cc1)c1ccccc1F. The topological polar surface area (TPSA) is 12.0 Å². The van der Waals surface area contributed by atoms with E-state index in [-0.39, 0.29) is 11.9 Å². The van der Waals surface area contributed by atoms with Crippen LogP contribution >= 0.6 is 23.4 Å². The Morgan fingerprint density at radius 1 is 1.14 bits per heavy atom. The second-order valence-electron chi connectivity index (χ2n) is 4.79. The molecule has 0 aliphatic heterocycles. The lowest BCUT2D eigenvalue weighted by Crippen LogP contribution is -2.25. The fourth-order valence-electron chi connectivity index (χ4n) is 2.05. The van der Waals surface area contributed by atoms with E-state index in [1.54, 1.807) is 17.8 Å². The molecule has 0 radical (unpaired) electrons. The van der Waals surface area contributed by atoms with Gasteiger partial charge in [-0.2, -0.15) is 0 Å². The monoisotopic (exact) mass is 323 g/mol. The van der Waals surface area contributed by atoms with Crippen LogP contribution in [0.2, 0.25) is 5.02 Å². The van der Waals surface area contributed by atoms with Gasteiger partial charge in [-0.1, -0.05) is 36.7 Å². The minimum absolute atomic E-state index is 0.00632. The fraction of sp³-hybridized carbons (Fsp3) is 0.294. The molecule has 2 rings (SSSR count). The highest BCUT2D eigenvalue weighted by Gasteiger charge is 2.15. The fourth-order valence-corrected chi connectivity index (χ4v) is 3.16. The number of hydrogen-bond acceptors (Lipinski definition) is 2. The predicted molar refractivity (Wildman–Crippen MR) is 89.6 cm³/mol. The van der Waals surface area contributed by atoms with E-state index < -0.39 is 0 Å². The molecule has 1 nitrogen and oxygen atoms in total. The molecule has 2 aromatic rings. The molecule has 0 saturated carbocycles. The summed E-state index contributed by atoms with van der Waals surface area (Å²) in [5.74, 6) is 0.630. The highest BCUT2D eigenvalue weighted by atomic mass is 35.5. The highest BCUT2D eigenvalue weighted by molar-refractivity contribution is 7.99. The van der Waals surface area contributed by atoms with Crippen molar-refractivity contribution in [3.05, 3.63) is 64.9 Å². The molecule has 0 heterocycles. The number of hydrogen-bond donors (Lipinski definition) is 1. The third kappa shape index (κ3) is 5.03. The van der Waals surface area contributed by atoms with Crippen molar-refractivity contribution in [1.29, 1.82) is 0 Å². The normalized spacial score (nSPS) is 12.3. The van der Waals surface area contributed by atoms with Crippen LogP contribution < -0.4 is 5.32 Å². The zero-order valence-corrected chi connectivity index (χ0v) is 13.6. The number of rotatable bonds is 7. The summed E-state index contributed by atoms with van der Waals surface area (Å²) in [6, 6.07) is 14.7. The Bertz CT molecular complexity index is 559. The molecule has 2 aromatic carbocycles. The van der Waals surface area contributed by atoms with Gasteiger partial charge in [-0.3, -0.25) is 0 Å². The van der Waals surface area contributed by atoms with Crippen molar-refractivity contribution in [3.63, 3.8) is 0 Å². The van der Waals surface area contributed by atoms with Crippen molar-refractivity contribution >= 4 is 23.4 Å². The summed E-state index contributed by atoms with van der Waals surface area (Å²) in [5, 5.41) is 4.15. The van der Waals surface area contributed by atoms with Gasteiger partial charge in [-0.15, -0.1) is 11.8 Å².